The molecule has 0 saturated heterocycles. The Hall–Kier alpha value is -1.04. The summed E-state index contributed by atoms with van der Waals surface area (Å²) in [7, 11) is 0. The average Bonchev–Trinajstić information content (AvgIpc) is 1.86. The van der Waals surface area contributed by atoms with Gasteiger partial charge in [0, 0.05) is 0 Å². The van der Waals surface area contributed by atoms with Gasteiger partial charge in [0.25, 0.3) is 12.4 Å². The predicted octanol–water partition coefficient (Wildman–Crippen LogP) is -0.609. The number of hydrogen-bond donors (Lipinski definition) is 1. The van der Waals surface area contributed by atoms with E-state index in [4.69, 9.17) is 12.1 Å². The van der Waals surface area contributed by atoms with Crippen LogP contribution in [0.2, 0.25) is 2.82 Å². The molecule has 32 valence electrons. The molecule has 6 heavy (non-hydrogen) atoms. The molecule has 0 spiro atoms. The standard InChI is InChI=1S/C3H4N2O/c1-5-2-3(4)6/h2H2,(H2,4,6)/i2D2/hD2. The summed E-state index contributed by atoms with van der Waals surface area (Å²) >= 11 is 0. The SMILES string of the molecule is [2H]N([2H])C(=O)C([2H])([2H])[N+]#[C-]. The lowest BCUT2D eigenvalue weighted by Gasteiger charge is -1.69. The Morgan fingerprint density at radius 3 is 3.33 bits per heavy atom. The molecular formula is C3H4N2O. The summed E-state index contributed by atoms with van der Waals surface area (Å²) in [6, 6.07) is 0. The minimum Gasteiger partial charge on any atom is -0.363 e. The molecule has 0 aromatic heterocycles. The largest absolute Gasteiger partial charge is 0.363 e. The number of primary amides is 1. The number of nitrogens with two attached hydrogens (primary N) is 1. The summed E-state index contributed by atoms with van der Waals surface area (Å²) in [4.78, 5) is 12.7. The molecule has 3 heteroatoms. The minimum atomic E-state index is -2.77. The smallest absolute Gasteiger partial charge is 0.297 e. The van der Waals surface area contributed by atoms with Crippen LogP contribution in [0.25, 0.3) is 4.85 Å². The molecule has 0 heterocycles. The van der Waals surface area contributed by atoms with Crippen LogP contribution in [0.1, 0.15) is 2.74 Å². The second-order valence-corrected chi connectivity index (χ2v) is 0.529. The van der Waals surface area contributed by atoms with Crippen LogP contribution in [0.5, 0.6) is 0 Å². The number of carbonyl (C=O) groups is 1. The van der Waals surface area contributed by atoms with E-state index in [2.05, 4.69) is 4.85 Å². The molecule has 0 atom stereocenters. The van der Waals surface area contributed by atoms with Gasteiger partial charge in [-0.05, 0) is 0 Å². The molecule has 0 rings (SSSR count). The zero-order valence-corrected chi connectivity index (χ0v) is 2.80. The number of carbonyl (C=O) groups excluding carboxylic acids is 1. The van der Waals surface area contributed by atoms with E-state index in [-0.39, 0.29) is 0 Å². The molecule has 0 radical (unpaired) electrons. The van der Waals surface area contributed by atoms with E-state index in [0.717, 1.165) is 0 Å². The van der Waals surface area contributed by atoms with Crippen molar-refractivity contribution in [1.82, 2.24) is 0 Å². The highest BCUT2D eigenvalue weighted by atomic mass is 16.1. The molecule has 0 aliphatic heterocycles. The molecule has 0 aliphatic carbocycles. The monoisotopic (exact) mass is 88.1 g/mol. The van der Waals surface area contributed by atoms with Crippen LogP contribution in [0.15, 0.2) is 0 Å². The van der Waals surface area contributed by atoms with E-state index >= 15 is 0 Å². The molecule has 0 aliphatic rings. The zero-order valence-electron chi connectivity index (χ0n) is 6.80. The van der Waals surface area contributed by atoms with Crippen molar-refractivity contribution in [3.8, 4) is 0 Å². The lowest BCUT2D eigenvalue weighted by Crippen LogP contribution is -2.12. The molecule has 0 saturated carbocycles. The van der Waals surface area contributed by atoms with Gasteiger partial charge in [-0.1, -0.05) is 0 Å². The number of hydrogen-bond acceptors (Lipinski definition) is 1. The van der Waals surface area contributed by atoms with Gasteiger partial charge in [0.1, 0.15) is 2.74 Å². The van der Waals surface area contributed by atoms with Crippen LogP contribution < -0.4 is 5.72 Å². The van der Waals surface area contributed by atoms with Crippen molar-refractivity contribution in [3.63, 3.8) is 0 Å². The summed E-state index contributed by atoms with van der Waals surface area (Å²) in [5, 5.41) is 0. The Labute approximate surface area is 41.3 Å². The summed E-state index contributed by atoms with van der Waals surface area (Å²) in [6.45, 7) is 3.39. The quantitative estimate of drug-likeness (QED) is 0.427. The van der Waals surface area contributed by atoms with Crippen LogP contribution >= 0.6 is 0 Å². The van der Waals surface area contributed by atoms with E-state index in [0.29, 0.717) is 0 Å². The Morgan fingerprint density at radius 2 is 3.17 bits per heavy atom. The first kappa shape index (κ1) is 1.23. The second kappa shape index (κ2) is 2.21. The third kappa shape index (κ3) is 2.96. The average molecular weight is 88.1 g/mol. The number of rotatable bonds is 1. The Morgan fingerprint density at radius 1 is 2.50 bits per heavy atom. The van der Waals surface area contributed by atoms with Crippen molar-refractivity contribution >= 4 is 5.91 Å². The molecule has 3 nitrogen and oxygen atoms in total. The van der Waals surface area contributed by atoms with Crippen molar-refractivity contribution in [2.24, 2.45) is 5.72 Å². The van der Waals surface area contributed by atoms with Crippen LogP contribution in [-0.2, 0) is 4.79 Å². The van der Waals surface area contributed by atoms with Gasteiger partial charge in [0.2, 0.25) is 0 Å². The van der Waals surface area contributed by atoms with E-state index in [1.807, 2.05) is 0 Å². The molecule has 0 bridgehead atoms. The fourth-order valence-corrected chi connectivity index (χ4v) is 0.0478. The maximum absolute atomic E-state index is 10.4. The van der Waals surface area contributed by atoms with Crippen molar-refractivity contribution in [1.29, 1.82) is 0 Å². The molecule has 0 unspecified atom stereocenters. The molecule has 0 fully saturated rings. The van der Waals surface area contributed by atoms with Crippen LogP contribution in [0.4, 0.5) is 0 Å². The van der Waals surface area contributed by atoms with E-state index in [1.165, 1.54) is 0 Å². The number of nitrogens with zero attached hydrogens (tertiary/aromatic N) is 1. The summed E-state index contributed by atoms with van der Waals surface area (Å²) < 4.78 is 25.8. The topological polar surface area (TPSA) is 47.5 Å². The predicted molar refractivity (Wildman–Crippen MR) is 20.7 cm³/mol. The second-order valence-electron chi connectivity index (χ2n) is 0.529. The summed E-state index contributed by atoms with van der Waals surface area (Å²) in [6.07, 6.45) is 0. The summed E-state index contributed by atoms with van der Waals surface area (Å²) in [5.41, 5.74) is -0.446. The normalized spacial score (nSPS) is 17.8. The van der Waals surface area contributed by atoms with Gasteiger partial charge in [0.05, 0.1) is 0 Å². The van der Waals surface area contributed by atoms with Gasteiger partial charge < -0.3 is 10.6 Å². The van der Waals surface area contributed by atoms with E-state index in [1.54, 1.807) is 0 Å². The van der Waals surface area contributed by atoms with Gasteiger partial charge >= 0.3 is 0 Å². The Balaban J connectivity index is 4.38. The van der Waals surface area contributed by atoms with Crippen LogP contribution in [0, 0.1) is 6.57 Å². The van der Waals surface area contributed by atoms with E-state index in [9.17, 15) is 4.79 Å². The summed E-state index contributed by atoms with van der Waals surface area (Å²) in [5.74, 6) is -1.48. The van der Waals surface area contributed by atoms with Crippen molar-refractivity contribution in [2.45, 2.75) is 0 Å². The third-order valence-electron chi connectivity index (χ3n) is 0.152. The Kier molecular flexibility index (Phi) is 0.453. The van der Waals surface area contributed by atoms with Gasteiger partial charge in [-0.2, -0.15) is 0 Å². The molecule has 1 amide bonds. The van der Waals surface area contributed by atoms with Crippen molar-refractivity contribution in [3.05, 3.63) is 11.4 Å². The molecular weight excluding hydrogens is 80.0 g/mol. The fourth-order valence-electron chi connectivity index (χ4n) is 0.0478. The fraction of sp³-hybridized carbons (Fsp3) is 0.333. The maximum atomic E-state index is 10.4. The maximum Gasteiger partial charge on any atom is 0.297 e. The highest BCUT2D eigenvalue weighted by molar-refractivity contribution is 5.77. The van der Waals surface area contributed by atoms with Crippen molar-refractivity contribution < 1.29 is 10.4 Å². The number of amides is 1. The van der Waals surface area contributed by atoms with Gasteiger partial charge in [-0.25, -0.2) is 6.57 Å². The molecule has 0 aromatic carbocycles. The first-order valence-corrected chi connectivity index (χ1v) is 1.12. The zero-order chi connectivity index (χ0) is 8.36. The van der Waals surface area contributed by atoms with Gasteiger partial charge in [-0.3, -0.25) is 4.79 Å². The highest BCUT2D eigenvalue weighted by Gasteiger charge is 1.89. The third-order valence-corrected chi connectivity index (χ3v) is 0.152. The minimum absolute atomic E-state index is 0.446. The Bertz CT molecular complexity index is 183. The van der Waals surface area contributed by atoms with Crippen LogP contribution in [0.3, 0.4) is 0 Å². The van der Waals surface area contributed by atoms with Crippen LogP contribution in [-0.4, -0.2) is 12.4 Å². The molecule has 2 N–H and O–H groups in total. The lowest BCUT2D eigenvalue weighted by atomic mass is 10.7. The first-order valence-electron chi connectivity index (χ1n) is 3.02. The lowest BCUT2D eigenvalue weighted by molar-refractivity contribution is -0.116. The highest BCUT2D eigenvalue weighted by Crippen LogP contribution is 1.58. The van der Waals surface area contributed by atoms with Gasteiger partial charge in [0.15, 0.2) is 2.82 Å². The van der Waals surface area contributed by atoms with E-state index < -0.39 is 18.1 Å². The van der Waals surface area contributed by atoms with Gasteiger partial charge in [-0.15, -0.1) is 0 Å². The first-order chi connectivity index (χ1) is 4.41. The van der Waals surface area contributed by atoms with Crippen molar-refractivity contribution in [2.75, 3.05) is 6.50 Å². The molecule has 0 aromatic rings.